The summed E-state index contributed by atoms with van der Waals surface area (Å²) in [5, 5.41) is 9.93. The fourth-order valence-corrected chi connectivity index (χ4v) is 4.07. The smallest absolute Gasteiger partial charge is 0.358 e. The predicted octanol–water partition coefficient (Wildman–Crippen LogP) is 4.17. The van der Waals surface area contributed by atoms with Gasteiger partial charge in [-0.2, -0.15) is 5.10 Å². The lowest BCUT2D eigenvalue weighted by Gasteiger charge is -2.09. The number of esters is 1. The van der Waals surface area contributed by atoms with E-state index in [9.17, 15) is 9.59 Å². The maximum Gasteiger partial charge on any atom is 0.358 e. The average molecular weight is 436 g/mol. The van der Waals surface area contributed by atoms with Crippen LogP contribution in [0, 0.1) is 13.8 Å². The Morgan fingerprint density at radius 1 is 1.19 bits per heavy atom. The van der Waals surface area contributed by atoms with E-state index in [1.165, 1.54) is 11.3 Å². The monoisotopic (exact) mass is 435 g/mol. The summed E-state index contributed by atoms with van der Waals surface area (Å²) in [6, 6.07) is 10.7. The van der Waals surface area contributed by atoms with E-state index in [0.717, 1.165) is 16.5 Å². The molecule has 0 spiro atoms. The molecule has 0 aliphatic carbocycles. The first-order chi connectivity index (χ1) is 15.0. The van der Waals surface area contributed by atoms with Crippen molar-refractivity contribution in [2.45, 2.75) is 20.8 Å². The number of aromatic nitrogens is 4. The van der Waals surface area contributed by atoms with E-state index in [1.807, 2.05) is 42.0 Å². The van der Waals surface area contributed by atoms with E-state index in [0.29, 0.717) is 16.9 Å². The van der Waals surface area contributed by atoms with Crippen LogP contribution in [0.3, 0.4) is 0 Å². The highest BCUT2D eigenvalue weighted by Crippen LogP contribution is 2.23. The first-order valence-corrected chi connectivity index (χ1v) is 10.6. The van der Waals surface area contributed by atoms with E-state index in [-0.39, 0.29) is 18.2 Å². The third-order valence-corrected chi connectivity index (χ3v) is 5.49. The van der Waals surface area contributed by atoms with Gasteiger partial charge in [-0.25, -0.2) is 14.5 Å². The molecule has 0 saturated heterocycles. The SMILES string of the molecule is CCOC(=O)c1ccn(-c2cccc(NC(=O)c3cc(C)n(-c4nccs4)c3C)c2)n1. The zero-order valence-corrected chi connectivity index (χ0v) is 18.1. The van der Waals surface area contributed by atoms with Gasteiger partial charge in [0.25, 0.3) is 5.91 Å². The number of carbonyl (C=O) groups is 2. The minimum Gasteiger partial charge on any atom is -0.461 e. The molecule has 1 amide bonds. The first-order valence-electron chi connectivity index (χ1n) is 9.71. The fraction of sp³-hybridized carbons (Fsp3) is 0.182. The number of benzene rings is 1. The van der Waals surface area contributed by atoms with Gasteiger partial charge in [-0.05, 0) is 51.1 Å². The molecule has 0 fully saturated rings. The Bertz CT molecular complexity index is 1240. The van der Waals surface area contributed by atoms with Crippen molar-refractivity contribution in [1.29, 1.82) is 0 Å². The number of amides is 1. The average Bonchev–Trinajstić information content (AvgIpc) is 3.49. The minimum absolute atomic E-state index is 0.208. The summed E-state index contributed by atoms with van der Waals surface area (Å²) >= 11 is 1.52. The van der Waals surface area contributed by atoms with Crippen molar-refractivity contribution in [2.75, 3.05) is 11.9 Å². The molecule has 0 bridgehead atoms. The van der Waals surface area contributed by atoms with Crippen molar-refractivity contribution in [3.8, 4) is 10.8 Å². The van der Waals surface area contributed by atoms with Crippen LogP contribution in [0.4, 0.5) is 5.69 Å². The Labute approximate surface area is 183 Å². The molecule has 0 radical (unpaired) electrons. The number of aryl methyl sites for hydroxylation is 1. The van der Waals surface area contributed by atoms with Crippen molar-refractivity contribution in [3.63, 3.8) is 0 Å². The molecule has 4 aromatic rings. The van der Waals surface area contributed by atoms with Crippen LogP contribution in [0.15, 0.2) is 54.2 Å². The van der Waals surface area contributed by atoms with Gasteiger partial charge in [-0.15, -0.1) is 11.3 Å². The third kappa shape index (κ3) is 4.13. The summed E-state index contributed by atoms with van der Waals surface area (Å²) in [6.07, 6.45) is 3.42. The van der Waals surface area contributed by atoms with Crippen molar-refractivity contribution < 1.29 is 14.3 Å². The van der Waals surface area contributed by atoms with Gasteiger partial charge in [-0.3, -0.25) is 9.36 Å². The molecule has 0 saturated carbocycles. The molecule has 3 heterocycles. The molecular formula is C22H21N5O3S. The van der Waals surface area contributed by atoms with Crippen molar-refractivity contribution >= 4 is 28.9 Å². The molecule has 0 atom stereocenters. The van der Waals surface area contributed by atoms with Gasteiger partial charge in [0, 0.05) is 34.8 Å². The first kappa shape index (κ1) is 20.5. The van der Waals surface area contributed by atoms with Crippen LogP contribution >= 0.6 is 11.3 Å². The maximum atomic E-state index is 13.0. The van der Waals surface area contributed by atoms with E-state index < -0.39 is 5.97 Å². The largest absolute Gasteiger partial charge is 0.461 e. The van der Waals surface area contributed by atoms with Crippen LogP contribution in [0.1, 0.15) is 39.2 Å². The molecule has 0 aliphatic rings. The quantitative estimate of drug-likeness (QED) is 0.459. The minimum atomic E-state index is -0.471. The van der Waals surface area contributed by atoms with E-state index in [1.54, 1.807) is 42.2 Å². The second kappa shape index (κ2) is 8.57. The van der Waals surface area contributed by atoms with Gasteiger partial charge in [-0.1, -0.05) is 6.07 Å². The number of ether oxygens (including phenoxy) is 1. The van der Waals surface area contributed by atoms with Crippen molar-refractivity contribution in [3.05, 3.63) is 76.8 Å². The summed E-state index contributed by atoms with van der Waals surface area (Å²) in [6.45, 7) is 5.89. The molecule has 158 valence electrons. The van der Waals surface area contributed by atoms with Gasteiger partial charge in [0.2, 0.25) is 0 Å². The topological polar surface area (TPSA) is 91.0 Å². The van der Waals surface area contributed by atoms with Gasteiger partial charge < -0.3 is 10.1 Å². The zero-order valence-electron chi connectivity index (χ0n) is 17.3. The molecule has 31 heavy (non-hydrogen) atoms. The number of hydrogen-bond acceptors (Lipinski definition) is 6. The van der Waals surface area contributed by atoms with E-state index in [2.05, 4.69) is 15.4 Å². The molecule has 8 nitrogen and oxygen atoms in total. The highest BCUT2D eigenvalue weighted by molar-refractivity contribution is 7.12. The van der Waals surface area contributed by atoms with Crippen LogP contribution in [-0.4, -0.2) is 37.8 Å². The van der Waals surface area contributed by atoms with Gasteiger partial charge >= 0.3 is 5.97 Å². The Hall–Kier alpha value is -3.72. The fourth-order valence-electron chi connectivity index (χ4n) is 3.32. The predicted molar refractivity (Wildman–Crippen MR) is 118 cm³/mol. The number of anilines is 1. The molecule has 4 rings (SSSR count). The molecule has 0 aliphatic heterocycles. The molecule has 1 N–H and O–H groups in total. The van der Waals surface area contributed by atoms with E-state index >= 15 is 0 Å². The Balaban J connectivity index is 1.56. The zero-order chi connectivity index (χ0) is 22.0. The summed E-state index contributed by atoms with van der Waals surface area (Å²) < 4.78 is 8.51. The molecule has 0 unspecified atom stereocenters. The molecule has 1 aromatic carbocycles. The number of nitrogens with one attached hydrogen (secondary N) is 1. The lowest BCUT2D eigenvalue weighted by atomic mass is 10.2. The van der Waals surface area contributed by atoms with Crippen LogP contribution < -0.4 is 5.32 Å². The Morgan fingerprint density at radius 3 is 2.77 bits per heavy atom. The highest BCUT2D eigenvalue weighted by Gasteiger charge is 2.18. The van der Waals surface area contributed by atoms with Crippen LogP contribution in [0.2, 0.25) is 0 Å². The highest BCUT2D eigenvalue weighted by atomic mass is 32.1. The molecule has 9 heteroatoms. The van der Waals surface area contributed by atoms with Crippen LogP contribution in [0.5, 0.6) is 0 Å². The standard InChI is InChI=1S/C22H21N5O3S/c1-4-30-21(29)19-8-10-26(25-19)17-7-5-6-16(13-17)24-20(28)18-12-14(2)27(15(18)3)22-23-9-11-31-22/h5-13H,4H2,1-3H3,(H,24,28). The lowest BCUT2D eigenvalue weighted by Crippen LogP contribution is -2.13. The third-order valence-electron chi connectivity index (χ3n) is 4.73. The van der Waals surface area contributed by atoms with Crippen LogP contribution in [-0.2, 0) is 4.74 Å². The Kier molecular flexibility index (Phi) is 5.68. The summed E-state index contributed by atoms with van der Waals surface area (Å²) in [4.78, 5) is 29.1. The summed E-state index contributed by atoms with van der Waals surface area (Å²) in [5.41, 5.74) is 3.91. The number of hydrogen-bond donors (Lipinski definition) is 1. The van der Waals surface area contributed by atoms with E-state index in [4.69, 9.17) is 4.74 Å². The van der Waals surface area contributed by atoms with Gasteiger partial charge in [0.15, 0.2) is 10.8 Å². The Morgan fingerprint density at radius 2 is 2.03 bits per heavy atom. The number of rotatable bonds is 6. The number of carbonyl (C=O) groups excluding carboxylic acids is 2. The normalized spacial score (nSPS) is 10.8. The van der Waals surface area contributed by atoms with Crippen LogP contribution in [0.25, 0.3) is 10.8 Å². The summed E-state index contributed by atoms with van der Waals surface area (Å²) in [7, 11) is 0. The maximum absolute atomic E-state index is 13.0. The lowest BCUT2D eigenvalue weighted by molar-refractivity contribution is 0.0519. The second-order valence-electron chi connectivity index (χ2n) is 6.81. The van der Waals surface area contributed by atoms with Crippen molar-refractivity contribution in [1.82, 2.24) is 19.3 Å². The number of thiazole rings is 1. The molecular weight excluding hydrogens is 414 g/mol. The van der Waals surface area contributed by atoms with Gasteiger partial charge in [0.05, 0.1) is 17.9 Å². The number of nitrogens with zero attached hydrogens (tertiary/aromatic N) is 4. The molecule has 3 aromatic heterocycles. The van der Waals surface area contributed by atoms with Crippen molar-refractivity contribution in [2.24, 2.45) is 0 Å². The summed E-state index contributed by atoms with van der Waals surface area (Å²) in [5.74, 6) is -0.679. The van der Waals surface area contributed by atoms with Gasteiger partial charge in [0.1, 0.15) is 0 Å². The second-order valence-corrected chi connectivity index (χ2v) is 7.68.